The molecular weight excluding hydrogens is 220 g/mol. The van der Waals surface area contributed by atoms with E-state index in [0.717, 1.165) is 37.6 Å². The smallest absolute Gasteiger partial charge is 0.176 e. The molecule has 3 nitrogen and oxygen atoms in total. The third-order valence-corrected chi connectivity index (χ3v) is 3.84. The van der Waals surface area contributed by atoms with Crippen LogP contribution in [0.2, 0.25) is 0 Å². The summed E-state index contributed by atoms with van der Waals surface area (Å²) in [5.41, 5.74) is 0. The molecule has 1 atom stereocenters. The molecule has 1 unspecified atom stereocenters. The molecule has 4 heteroatoms. The summed E-state index contributed by atoms with van der Waals surface area (Å²) in [6, 6.07) is 3.86. The molecule has 1 saturated heterocycles. The molecule has 0 radical (unpaired) electrons. The van der Waals surface area contributed by atoms with Crippen molar-refractivity contribution in [3.05, 3.63) is 22.4 Å². The Balaban J connectivity index is 1.87. The standard InChI is InChI=1S/C12H18N2OS/c1-10(9-14-6-4-13-5-7-14)12(15)11-3-2-8-16-11/h2-3,8,10,13H,4-7,9H2,1H3. The molecule has 0 amide bonds. The molecule has 16 heavy (non-hydrogen) atoms. The summed E-state index contributed by atoms with van der Waals surface area (Å²) in [4.78, 5) is 15.3. The first-order valence-electron chi connectivity index (χ1n) is 5.78. The third-order valence-electron chi connectivity index (χ3n) is 2.95. The van der Waals surface area contributed by atoms with E-state index < -0.39 is 0 Å². The first-order valence-corrected chi connectivity index (χ1v) is 6.66. The zero-order valence-corrected chi connectivity index (χ0v) is 10.4. The number of carbonyl (C=O) groups excluding carboxylic acids is 1. The van der Waals surface area contributed by atoms with Gasteiger partial charge in [-0.05, 0) is 11.4 Å². The molecule has 2 rings (SSSR count). The zero-order chi connectivity index (χ0) is 11.4. The van der Waals surface area contributed by atoms with Crippen molar-refractivity contribution in [2.24, 2.45) is 5.92 Å². The van der Waals surface area contributed by atoms with Crippen LogP contribution < -0.4 is 5.32 Å². The molecule has 1 fully saturated rings. The lowest BCUT2D eigenvalue weighted by molar-refractivity contribution is 0.0891. The van der Waals surface area contributed by atoms with Gasteiger partial charge in [-0.15, -0.1) is 11.3 Å². The normalized spacial score (nSPS) is 19.6. The van der Waals surface area contributed by atoms with Crippen LogP contribution in [0.5, 0.6) is 0 Å². The summed E-state index contributed by atoms with van der Waals surface area (Å²) in [5.74, 6) is 0.394. The summed E-state index contributed by atoms with van der Waals surface area (Å²) in [6.07, 6.45) is 0. The lowest BCUT2D eigenvalue weighted by atomic mass is 10.0. The van der Waals surface area contributed by atoms with Crippen LogP contribution in [0.15, 0.2) is 17.5 Å². The van der Waals surface area contributed by atoms with Gasteiger partial charge in [-0.2, -0.15) is 0 Å². The summed E-state index contributed by atoms with van der Waals surface area (Å²) in [5, 5.41) is 5.28. The second kappa shape index (κ2) is 5.57. The lowest BCUT2D eigenvalue weighted by Gasteiger charge is -2.29. The third kappa shape index (κ3) is 2.90. The van der Waals surface area contributed by atoms with Gasteiger partial charge in [0.15, 0.2) is 5.78 Å². The van der Waals surface area contributed by atoms with E-state index in [2.05, 4.69) is 10.2 Å². The second-order valence-corrected chi connectivity index (χ2v) is 5.24. The van der Waals surface area contributed by atoms with Gasteiger partial charge in [0, 0.05) is 38.6 Å². The van der Waals surface area contributed by atoms with Crippen LogP contribution in [0.4, 0.5) is 0 Å². The predicted octanol–water partition coefficient (Wildman–Crippen LogP) is 1.47. The van der Waals surface area contributed by atoms with Crippen molar-refractivity contribution in [2.75, 3.05) is 32.7 Å². The summed E-state index contributed by atoms with van der Waals surface area (Å²) >= 11 is 1.54. The molecular formula is C12H18N2OS. The Kier molecular flexibility index (Phi) is 4.09. The largest absolute Gasteiger partial charge is 0.314 e. The number of Topliss-reactive ketones (excluding diaryl/α,β-unsaturated/α-hetero) is 1. The second-order valence-electron chi connectivity index (χ2n) is 4.29. The highest BCUT2D eigenvalue weighted by Crippen LogP contribution is 2.15. The first-order chi connectivity index (χ1) is 7.77. The average molecular weight is 238 g/mol. The number of hydrogen-bond acceptors (Lipinski definition) is 4. The van der Waals surface area contributed by atoms with Gasteiger partial charge in [-0.25, -0.2) is 0 Å². The van der Waals surface area contributed by atoms with Crippen LogP contribution in [0.25, 0.3) is 0 Å². The van der Waals surface area contributed by atoms with Crippen LogP contribution in [-0.4, -0.2) is 43.4 Å². The van der Waals surface area contributed by atoms with Crippen molar-refractivity contribution < 1.29 is 4.79 Å². The Bertz CT molecular complexity index is 331. The van der Waals surface area contributed by atoms with Gasteiger partial charge < -0.3 is 10.2 Å². The van der Waals surface area contributed by atoms with Crippen molar-refractivity contribution in [2.45, 2.75) is 6.92 Å². The minimum Gasteiger partial charge on any atom is -0.314 e. The van der Waals surface area contributed by atoms with E-state index in [9.17, 15) is 4.79 Å². The zero-order valence-electron chi connectivity index (χ0n) is 9.61. The number of carbonyl (C=O) groups is 1. The van der Waals surface area contributed by atoms with E-state index in [1.165, 1.54) is 0 Å². The van der Waals surface area contributed by atoms with E-state index in [1.54, 1.807) is 11.3 Å². The fraction of sp³-hybridized carbons (Fsp3) is 0.583. The lowest BCUT2D eigenvalue weighted by Crippen LogP contribution is -2.45. The van der Waals surface area contributed by atoms with Crippen molar-refractivity contribution in [1.29, 1.82) is 0 Å². The molecule has 0 spiro atoms. The maximum atomic E-state index is 12.0. The minimum atomic E-state index is 0.108. The summed E-state index contributed by atoms with van der Waals surface area (Å²) in [7, 11) is 0. The predicted molar refractivity (Wildman–Crippen MR) is 67.1 cm³/mol. The molecule has 1 aliphatic rings. The van der Waals surface area contributed by atoms with E-state index in [0.29, 0.717) is 0 Å². The van der Waals surface area contributed by atoms with Crippen molar-refractivity contribution in [3.8, 4) is 0 Å². The molecule has 2 heterocycles. The van der Waals surface area contributed by atoms with Gasteiger partial charge in [-0.3, -0.25) is 4.79 Å². The van der Waals surface area contributed by atoms with Crippen LogP contribution in [0.3, 0.4) is 0 Å². The van der Waals surface area contributed by atoms with E-state index in [4.69, 9.17) is 0 Å². The molecule has 1 aromatic rings. The Morgan fingerprint density at radius 2 is 2.31 bits per heavy atom. The van der Waals surface area contributed by atoms with Crippen LogP contribution in [0, 0.1) is 5.92 Å². The SMILES string of the molecule is CC(CN1CCNCC1)C(=O)c1cccs1. The number of ketones is 1. The van der Waals surface area contributed by atoms with Gasteiger partial charge in [0.2, 0.25) is 0 Å². The topological polar surface area (TPSA) is 32.3 Å². The Morgan fingerprint density at radius 1 is 1.56 bits per heavy atom. The van der Waals surface area contributed by atoms with Crippen LogP contribution in [-0.2, 0) is 0 Å². The summed E-state index contributed by atoms with van der Waals surface area (Å²) in [6.45, 7) is 7.12. The van der Waals surface area contributed by atoms with Crippen molar-refractivity contribution >= 4 is 17.1 Å². The molecule has 1 aromatic heterocycles. The maximum absolute atomic E-state index is 12.0. The van der Waals surface area contributed by atoms with Crippen molar-refractivity contribution in [3.63, 3.8) is 0 Å². The molecule has 1 aliphatic heterocycles. The Labute approximate surface area is 100 Å². The molecule has 0 saturated carbocycles. The number of nitrogens with zero attached hydrogens (tertiary/aromatic N) is 1. The number of thiophene rings is 1. The Morgan fingerprint density at radius 3 is 2.94 bits per heavy atom. The van der Waals surface area contributed by atoms with Gasteiger partial charge in [0.1, 0.15) is 0 Å². The average Bonchev–Trinajstić information content (AvgIpc) is 2.83. The number of piperazine rings is 1. The Hall–Kier alpha value is -0.710. The van der Waals surface area contributed by atoms with E-state index in [-0.39, 0.29) is 11.7 Å². The van der Waals surface area contributed by atoms with E-state index >= 15 is 0 Å². The maximum Gasteiger partial charge on any atom is 0.176 e. The number of nitrogens with one attached hydrogen (secondary N) is 1. The first kappa shape index (κ1) is 11.8. The molecule has 88 valence electrons. The fourth-order valence-corrected chi connectivity index (χ4v) is 2.80. The molecule has 0 aliphatic carbocycles. The van der Waals surface area contributed by atoms with Crippen LogP contribution >= 0.6 is 11.3 Å². The summed E-state index contributed by atoms with van der Waals surface area (Å²) < 4.78 is 0. The minimum absolute atomic E-state index is 0.108. The molecule has 0 aromatic carbocycles. The monoisotopic (exact) mass is 238 g/mol. The highest BCUT2D eigenvalue weighted by Gasteiger charge is 2.20. The quantitative estimate of drug-likeness (QED) is 0.806. The molecule has 1 N–H and O–H groups in total. The van der Waals surface area contributed by atoms with Crippen molar-refractivity contribution in [1.82, 2.24) is 10.2 Å². The van der Waals surface area contributed by atoms with E-state index in [1.807, 2.05) is 24.4 Å². The number of hydrogen-bond donors (Lipinski definition) is 1. The molecule has 0 bridgehead atoms. The van der Waals surface area contributed by atoms with Gasteiger partial charge in [-0.1, -0.05) is 13.0 Å². The van der Waals surface area contributed by atoms with Gasteiger partial charge in [0.25, 0.3) is 0 Å². The highest BCUT2D eigenvalue weighted by molar-refractivity contribution is 7.12. The number of rotatable bonds is 4. The van der Waals surface area contributed by atoms with Gasteiger partial charge >= 0.3 is 0 Å². The van der Waals surface area contributed by atoms with Gasteiger partial charge in [0.05, 0.1) is 4.88 Å². The fourth-order valence-electron chi connectivity index (χ4n) is 2.03. The highest BCUT2D eigenvalue weighted by atomic mass is 32.1. The van der Waals surface area contributed by atoms with Crippen LogP contribution in [0.1, 0.15) is 16.6 Å².